The van der Waals surface area contributed by atoms with Gasteiger partial charge >= 0.3 is 0 Å². The molecule has 2 saturated heterocycles. The molecule has 2 fully saturated rings. The minimum atomic E-state index is 0.0472. The summed E-state index contributed by atoms with van der Waals surface area (Å²) >= 11 is 0. The van der Waals surface area contributed by atoms with Crippen LogP contribution >= 0.6 is 0 Å². The fourth-order valence-electron chi connectivity index (χ4n) is 5.63. The van der Waals surface area contributed by atoms with Crippen molar-refractivity contribution in [2.75, 3.05) is 52.4 Å². The Morgan fingerprint density at radius 3 is 2.28 bits per heavy atom. The second kappa shape index (κ2) is 13.0. The third-order valence-electron chi connectivity index (χ3n) is 7.99. The van der Waals surface area contributed by atoms with Crippen LogP contribution in [0.2, 0.25) is 0 Å². The number of hydrogen-bond donors (Lipinski definition) is 0. The summed E-state index contributed by atoms with van der Waals surface area (Å²) in [4.78, 5) is 32.9. The summed E-state index contributed by atoms with van der Waals surface area (Å²) < 4.78 is 5.91. The standard InChI is InChI=1S/C33H39N3O3/c1-26-9-7-18-35(26)19-8-24-39-29-16-14-28(15-17-29)32(37)25-34-20-22-36(23-21-34)33(38)31-13-6-5-12-30(31)27-10-3-2-4-11-27/h2-6,10-17,26H,7-9,18-25H2,1H3/t26-/m1/s1. The lowest BCUT2D eigenvalue weighted by Gasteiger charge is -2.34. The van der Waals surface area contributed by atoms with Gasteiger partial charge in [-0.15, -0.1) is 0 Å². The van der Waals surface area contributed by atoms with E-state index in [0.717, 1.165) is 35.4 Å². The van der Waals surface area contributed by atoms with E-state index in [-0.39, 0.29) is 11.7 Å². The number of ether oxygens (including phenoxy) is 1. The van der Waals surface area contributed by atoms with Crippen LogP contribution < -0.4 is 4.74 Å². The topological polar surface area (TPSA) is 53.1 Å². The van der Waals surface area contributed by atoms with E-state index in [9.17, 15) is 9.59 Å². The summed E-state index contributed by atoms with van der Waals surface area (Å²) in [7, 11) is 0. The average Bonchev–Trinajstić information content (AvgIpc) is 3.40. The van der Waals surface area contributed by atoms with E-state index < -0.39 is 0 Å². The van der Waals surface area contributed by atoms with Gasteiger partial charge in [0.1, 0.15) is 5.75 Å². The van der Waals surface area contributed by atoms with Crippen molar-refractivity contribution in [1.82, 2.24) is 14.7 Å². The number of carbonyl (C=O) groups is 2. The van der Waals surface area contributed by atoms with Gasteiger partial charge in [-0.3, -0.25) is 14.5 Å². The lowest BCUT2D eigenvalue weighted by molar-refractivity contribution is 0.0625. The first-order valence-electron chi connectivity index (χ1n) is 14.2. The van der Waals surface area contributed by atoms with E-state index >= 15 is 0 Å². The SMILES string of the molecule is C[C@@H]1CCCN1CCCOc1ccc(C(=O)CN2CCN(C(=O)c3ccccc3-c3ccccc3)CC2)cc1. The Labute approximate surface area is 232 Å². The fourth-order valence-corrected chi connectivity index (χ4v) is 5.63. The van der Waals surface area contributed by atoms with Crippen LogP contribution in [0.15, 0.2) is 78.9 Å². The molecule has 39 heavy (non-hydrogen) atoms. The number of ketones is 1. The van der Waals surface area contributed by atoms with E-state index in [2.05, 4.69) is 16.7 Å². The number of piperazine rings is 1. The Balaban J connectivity index is 1.07. The molecule has 0 aliphatic carbocycles. The van der Waals surface area contributed by atoms with Crippen LogP contribution in [-0.4, -0.2) is 84.9 Å². The van der Waals surface area contributed by atoms with Gasteiger partial charge in [0.15, 0.2) is 5.78 Å². The molecular weight excluding hydrogens is 486 g/mol. The molecule has 1 atom stereocenters. The molecule has 204 valence electrons. The molecule has 6 nitrogen and oxygen atoms in total. The lowest BCUT2D eigenvalue weighted by Crippen LogP contribution is -2.50. The zero-order valence-electron chi connectivity index (χ0n) is 22.9. The highest BCUT2D eigenvalue weighted by molar-refractivity contribution is 6.01. The van der Waals surface area contributed by atoms with Crippen LogP contribution in [0.25, 0.3) is 11.1 Å². The van der Waals surface area contributed by atoms with Crippen LogP contribution in [0.1, 0.15) is 46.9 Å². The first-order chi connectivity index (χ1) is 19.1. The third-order valence-corrected chi connectivity index (χ3v) is 7.99. The molecule has 0 spiro atoms. The van der Waals surface area contributed by atoms with E-state index in [1.807, 2.05) is 83.8 Å². The predicted molar refractivity (Wildman–Crippen MR) is 155 cm³/mol. The molecule has 0 bridgehead atoms. The van der Waals surface area contributed by atoms with Crippen molar-refractivity contribution < 1.29 is 14.3 Å². The molecule has 0 saturated carbocycles. The first kappa shape index (κ1) is 27.1. The van der Waals surface area contributed by atoms with Gasteiger partial charge in [0.25, 0.3) is 5.91 Å². The smallest absolute Gasteiger partial charge is 0.254 e. The summed E-state index contributed by atoms with van der Waals surface area (Å²) in [6, 6.07) is 26.0. The molecule has 0 aromatic heterocycles. The van der Waals surface area contributed by atoms with Crippen molar-refractivity contribution in [3.05, 3.63) is 90.0 Å². The number of benzene rings is 3. The number of Topliss-reactive ketones (excluding diaryl/α,β-unsaturated/α-hetero) is 1. The number of amides is 1. The normalized spacial score (nSPS) is 18.3. The molecule has 3 aromatic carbocycles. The van der Waals surface area contributed by atoms with Crippen LogP contribution in [0.5, 0.6) is 5.75 Å². The number of hydrogen-bond acceptors (Lipinski definition) is 5. The number of carbonyl (C=O) groups excluding carboxylic acids is 2. The van der Waals surface area contributed by atoms with Gasteiger partial charge in [0, 0.05) is 49.9 Å². The van der Waals surface area contributed by atoms with E-state index in [1.54, 1.807) is 0 Å². The maximum Gasteiger partial charge on any atom is 0.254 e. The van der Waals surface area contributed by atoms with E-state index in [0.29, 0.717) is 50.9 Å². The number of nitrogens with zero attached hydrogens (tertiary/aromatic N) is 3. The zero-order chi connectivity index (χ0) is 27.0. The average molecular weight is 526 g/mol. The summed E-state index contributed by atoms with van der Waals surface area (Å²) in [5.41, 5.74) is 3.41. The minimum absolute atomic E-state index is 0.0472. The third kappa shape index (κ3) is 6.94. The molecule has 5 rings (SSSR count). The maximum absolute atomic E-state index is 13.4. The van der Waals surface area contributed by atoms with E-state index in [4.69, 9.17) is 4.74 Å². The molecule has 6 heteroatoms. The predicted octanol–water partition coefficient (Wildman–Crippen LogP) is 5.25. The van der Waals surface area contributed by atoms with Crippen molar-refractivity contribution >= 4 is 11.7 Å². The molecule has 1 amide bonds. The molecule has 2 heterocycles. The summed E-state index contributed by atoms with van der Waals surface area (Å²) in [5, 5.41) is 0. The van der Waals surface area contributed by atoms with Gasteiger partial charge < -0.3 is 14.5 Å². The quantitative estimate of drug-likeness (QED) is 0.267. The molecule has 0 radical (unpaired) electrons. The van der Waals surface area contributed by atoms with Gasteiger partial charge in [0.2, 0.25) is 0 Å². The largest absolute Gasteiger partial charge is 0.494 e. The molecule has 2 aliphatic heterocycles. The second-order valence-electron chi connectivity index (χ2n) is 10.7. The van der Waals surface area contributed by atoms with Gasteiger partial charge in [-0.25, -0.2) is 0 Å². The molecular formula is C33H39N3O3. The Morgan fingerprint density at radius 2 is 1.56 bits per heavy atom. The Kier molecular flexibility index (Phi) is 9.07. The first-order valence-corrected chi connectivity index (χ1v) is 14.2. The van der Waals surface area contributed by atoms with Crippen LogP contribution in [0.3, 0.4) is 0 Å². The summed E-state index contributed by atoms with van der Waals surface area (Å²) in [5.74, 6) is 0.952. The second-order valence-corrected chi connectivity index (χ2v) is 10.7. The van der Waals surface area contributed by atoms with Crippen molar-refractivity contribution in [3.8, 4) is 16.9 Å². The van der Waals surface area contributed by atoms with E-state index in [1.165, 1.54) is 19.4 Å². The van der Waals surface area contributed by atoms with Crippen molar-refractivity contribution in [2.24, 2.45) is 0 Å². The number of likely N-dealkylation sites (tertiary alicyclic amines) is 1. The van der Waals surface area contributed by atoms with Gasteiger partial charge in [-0.2, -0.15) is 0 Å². The van der Waals surface area contributed by atoms with Gasteiger partial charge in [0.05, 0.1) is 13.2 Å². The van der Waals surface area contributed by atoms with Crippen molar-refractivity contribution in [1.29, 1.82) is 0 Å². The molecule has 2 aliphatic rings. The fraction of sp³-hybridized carbons (Fsp3) is 0.394. The Morgan fingerprint density at radius 1 is 0.846 bits per heavy atom. The monoisotopic (exact) mass is 525 g/mol. The molecule has 0 unspecified atom stereocenters. The zero-order valence-corrected chi connectivity index (χ0v) is 22.9. The molecule has 0 N–H and O–H groups in total. The highest BCUT2D eigenvalue weighted by Crippen LogP contribution is 2.25. The van der Waals surface area contributed by atoms with Crippen molar-refractivity contribution in [3.63, 3.8) is 0 Å². The summed E-state index contributed by atoms with van der Waals surface area (Å²) in [6.07, 6.45) is 3.61. The van der Waals surface area contributed by atoms with Crippen LogP contribution in [0, 0.1) is 0 Å². The number of rotatable bonds is 10. The van der Waals surface area contributed by atoms with Gasteiger partial charge in [-0.05, 0) is 74.2 Å². The minimum Gasteiger partial charge on any atom is -0.494 e. The summed E-state index contributed by atoms with van der Waals surface area (Å²) in [6.45, 7) is 8.21. The van der Waals surface area contributed by atoms with Crippen LogP contribution in [-0.2, 0) is 0 Å². The lowest BCUT2D eigenvalue weighted by atomic mass is 9.98. The molecule has 3 aromatic rings. The highest BCUT2D eigenvalue weighted by Gasteiger charge is 2.25. The van der Waals surface area contributed by atoms with Crippen molar-refractivity contribution in [2.45, 2.75) is 32.2 Å². The van der Waals surface area contributed by atoms with Crippen LogP contribution in [0.4, 0.5) is 0 Å². The maximum atomic E-state index is 13.4. The van der Waals surface area contributed by atoms with Gasteiger partial charge in [-0.1, -0.05) is 48.5 Å². The highest BCUT2D eigenvalue weighted by atomic mass is 16.5. The Hall–Kier alpha value is -3.48. The Bertz CT molecular complexity index is 1240.